The Balaban J connectivity index is 2.28. The summed E-state index contributed by atoms with van der Waals surface area (Å²) in [5.74, 6) is 0. The molecule has 1 aromatic heterocycles. The van der Waals surface area contributed by atoms with Crippen LogP contribution < -0.4 is 5.46 Å². The van der Waals surface area contributed by atoms with Crippen LogP contribution in [0.2, 0.25) is 0 Å². The van der Waals surface area contributed by atoms with E-state index in [1.54, 1.807) is 6.07 Å². The van der Waals surface area contributed by atoms with Crippen LogP contribution in [-0.4, -0.2) is 22.2 Å². The van der Waals surface area contributed by atoms with Crippen molar-refractivity contribution in [2.75, 3.05) is 0 Å². The zero-order valence-electron chi connectivity index (χ0n) is 9.17. The average molecular weight is 215 g/mol. The molecule has 1 aromatic rings. The summed E-state index contributed by atoms with van der Waals surface area (Å²) in [6, 6.07) is 3.54. The van der Waals surface area contributed by atoms with Gasteiger partial charge in [0, 0.05) is 17.1 Å². The molecule has 0 fully saturated rings. The Bertz CT molecular complexity index is 425. The first-order chi connectivity index (χ1) is 7.62. The van der Waals surface area contributed by atoms with Crippen molar-refractivity contribution in [1.29, 1.82) is 0 Å². The molecule has 1 heterocycles. The van der Waals surface area contributed by atoms with Gasteiger partial charge >= 0.3 is 7.12 Å². The van der Waals surface area contributed by atoms with Crippen molar-refractivity contribution in [3.8, 4) is 0 Å². The van der Waals surface area contributed by atoms with Crippen LogP contribution in [-0.2, 0) is 5.41 Å². The number of nitrogens with zero attached hydrogens (tertiary/aromatic N) is 1. The molecule has 0 radical (unpaired) electrons. The first kappa shape index (κ1) is 11.1. The van der Waals surface area contributed by atoms with Gasteiger partial charge in [0.1, 0.15) is 0 Å². The van der Waals surface area contributed by atoms with Crippen LogP contribution in [0.25, 0.3) is 0 Å². The van der Waals surface area contributed by atoms with E-state index in [-0.39, 0.29) is 5.41 Å². The molecule has 1 atom stereocenters. The molecule has 3 nitrogen and oxygen atoms in total. The molecule has 0 amide bonds. The molecule has 4 heteroatoms. The summed E-state index contributed by atoms with van der Waals surface area (Å²) in [6.07, 6.45) is 10.7. The lowest BCUT2D eigenvalue weighted by molar-refractivity contribution is 0.425. The van der Waals surface area contributed by atoms with Crippen LogP contribution in [0.5, 0.6) is 0 Å². The molecule has 0 saturated heterocycles. The van der Waals surface area contributed by atoms with Crippen molar-refractivity contribution in [3.63, 3.8) is 0 Å². The summed E-state index contributed by atoms with van der Waals surface area (Å²) < 4.78 is 0. The van der Waals surface area contributed by atoms with Crippen molar-refractivity contribution in [1.82, 2.24) is 4.98 Å². The van der Waals surface area contributed by atoms with E-state index < -0.39 is 7.12 Å². The third-order valence-corrected chi connectivity index (χ3v) is 2.92. The maximum absolute atomic E-state index is 8.98. The molecule has 0 spiro atoms. The number of allylic oxidation sites excluding steroid dienone is 4. The van der Waals surface area contributed by atoms with Gasteiger partial charge in [-0.25, -0.2) is 0 Å². The summed E-state index contributed by atoms with van der Waals surface area (Å²) in [5, 5.41) is 18.0. The van der Waals surface area contributed by atoms with Crippen LogP contribution in [0.3, 0.4) is 0 Å². The Morgan fingerprint density at radius 1 is 1.31 bits per heavy atom. The Kier molecular flexibility index (Phi) is 2.94. The largest absolute Gasteiger partial charge is 0.490 e. The highest BCUT2D eigenvalue weighted by Gasteiger charge is 2.25. The van der Waals surface area contributed by atoms with E-state index in [1.807, 2.05) is 18.2 Å². The Labute approximate surface area is 95.3 Å². The Hall–Kier alpha value is -1.39. The van der Waals surface area contributed by atoms with Gasteiger partial charge in [-0.3, -0.25) is 4.98 Å². The molecule has 0 aliphatic heterocycles. The highest BCUT2D eigenvalue weighted by Crippen LogP contribution is 2.29. The molecule has 0 bridgehead atoms. The van der Waals surface area contributed by atoms with E-state index >= 15 is 0 Å². The van der Waals surface area contributed by atoms with Crippen LogP contribution in [0, 0.1) is 0 Å². The van der Waals surface area contributed by atoms with E-state index in [9.17, 15) is 0 Å². The fraction of sp³-hybridized carbons (Fsp3) is 0.250. The van der Waals surface area contributed by atoms with E-state index in [1.165, 1.54) is 6.20 Å². The van der Waals surface area contributed by atoms with Crippen molar-refractivity contribution >= 4 is 12.6 Å². The summed E-state index contributed by atoms with van der Waals surface area (Å²) in [7, 11) is -1.45. The van der Waals surface area contributed by atoms with E-state index in [2.05, 4.69) is 24.1 Å². The fourth-order valence-corrected chi connectivity index (χ4v) is 1.81. The molecule has 0 saturated carbocycles. The average Bonchev–Trinajstić information content (AvgIpc) is 2.30. The number of pyridine rings is 1. The zero-order valence-corrected chi connectivity index (χ0v) is 9.17. The van der Waals surface area contributed by atoms with Crippen molar-refractivity contribution in [2.45, 2.75) is 18.8 Å². The SMILES string of the molecule is CC1(c2ccc(B(O)O)cn2)C=CC=CC1. The van der Waals surface area contributed by atoms with E-state index in [0.717, 1.165) is 12.1 Å². The Morgan fingerprint density at radius 2 is 2.12 bits per heavy atom. The molecule has 0 aromatic carbocycles. The van der Waals surface area contributed by atoms with Gasteiger partial charge in [0.25, 0.3) is 0 Å². The highest BCUT2D eigenvalue weighted by atomic mass is 16.4. The second kappa shape index (κ2) is 4.24. The van der Waals surface area contributed by atoms with Crippen LogP contribution >= 0.6 is 0 Å². The summed E-state index contributed by atoms with van der Waals surface area (Å²) >= 11 is 0. The smallest absolute Gasteiger partial charge is 0.423 e. The number of hydrogen-bond acceptors (Lipinski definition) is 3. The van der Waals surface area contributed by atoms with Crippen molar-refractivity contribution in [2.24, 2.45) is 0 Å². The predicted octanol–water partition coefficient (Wildman–Crippen LogP) is 0.535. The minimum Gasteiger partial charge on any atom is -0.423 e. The zero-order chi connectivity index (χ0) is 11.6. The fourth-order valence-electron chi connectivity index (χ4n) is 1.81. The lowest BCUT2D eigenvalue weighted by Crippen LogP contribution is -2.31. The molecular weight excluding hydrogens is 201 g/mol. The molecule has 1 unspecified atom stereocenters. The first-order valence-corrected chi connectivity index (χ1v) is 5.29. The van der Waals surface area contributed by atoms with Gasteiger partial charge in [-0.2, -0.15) is 0 Å². The number of hydrogen-bond donors (Lipinski definition) is 2. The normalized spacial score (nSPS) is 23.4. The van der Waals surface area contributed by atoms with Crippen LogP contribution in [0.1, 0.15) is 19.0 Å². The lowest BCUT2D eigenvalue weighted by atomic mass is 9.78. The van der Waals surface area contributed by atoms with Gasteiger partial charge in [-0.1, -0.05) is 37.3 Å². The van der Waals surface area contributed by atoms with Gasteiger partial charge in [0.15, 0.2) is 0 Å². The second-order valence-electron chi connectivity index (χ2n) is 4.26. The van der Waals surface area contributed by atoms with Gasteiger partial charge in [-0.15, -0.1) is 0 Å². The predicted molar refractivity (Wildman–Crippen MR) is 64.3 cm³/mol. The minimum atomic E-state index is -1.45. The lowest BCUT2D eigenvalue weighted by Gasteiger charge is -2.25. The van der Waals surface area contributed by atoms with Crippen LogP contribution in [0.4, 0.5) is 0 Å². The van der Waals surface area contributed by atoms with E-state index in [4.69, 9.17) is 10.0 Å². The quantitative estimate of drug-likeness (QED) is 0.707. The monoisotopic (exact) mass is 215 g/mol. The standard InChI is InChI=1S/C12H14BNO2/c1-12(7-3-2-4-8-12)11-6-5-10(9-14-11)13(15)16/h2-7,9,15-16H,8H2,1H3. The summed E-state index contributed by atoms with van der Waals surface area (Å²) in [6.45, 7) is 2.12. The first-order valence-electron chi connectivity index (χ1n) is 5.29. The maximum Gasteiger partial charge on any atom is 0.490 e. The summed E-state index contributed by atoms with van der Waals surface area (Å²) in [5.41, 5.74) is 1.27. The van der Waals surface area contributed by atoms with Gasteiger partial charge in [0.2, 0.25) is 0 Å². The van der Waals surface area contributed by atoms with Crippen molar-refractivity contribution in [3.05, 3.63) is 48.3 Å². The number of rotatable bonds is 2. The second-order valence-corrected chi connectivity index (χ2v) is 4.26. The minimum absolute atomic E-state index is 0.0896. The molecule has 1 aliphatic rings. The van der Waals surface area contributed by atoms with E-state index in [0.29, 0.717) is 5.46 Å². The van der Waals surface area contributed by atoms with Crippen molar-refractivity contribution < 1.29 is 10.0 Å². The molecule has 1 aliphatic carbocycles. The summed E-state index contributed by atoms with van der Waals surface area (Å²) in [4.78, 5) is 4.29. The maximum atomic E-state index is 8.98. The molecule has 2 N–H and O–H groups in total. The number of aromatic nitrogens is 1. The van der Waals surface area contributed by atoms with Crippen LogP contribution in [0.15, 0.2) is 42.6 Å². The third-order valence-electron chi connectivity index (χ3n) is 2.92. The van der Waals surface area contributed by atoms with Gasteiger partial charge in [0.05, 0.1) is 5.69 Å². The topological polar surface area (TPSA) is 53.4 Å². The molecular formula is C12H14BNO2. The highest BCUT2D eigenvalue weighted by molar-refractivity contribution is 6.58. The Morgan fingerprint density at radius 3 is 2.62 bits per heavy atom. The van der Waals surface area contributed by atoms with Gasteiger partial charge in [-0.05, 0) is 12.5 Å². The molecule has 2 rings (SSSR count). The molecule has 16 heavy (non-hydrogen) atoms. The third kappa shape index (κ3) is 2.08. The van der Waals surface area contributed by atoms with Gasteiger partial charge < -0.3 is 10.0 Å². The molecule has 82 valence electrons.